The van der Waals surface area contributed by atoms with Crippen LogP contribution in [0.4, 0.5) is 0 Å². The van der Waals surface area contributed by atoms with Crippen LogP contribution in [0.1, 0.15) is 81.3 Å². The first-order chi connectivity index (χ1) is 11.2. The topological polar surface area (TPSA) is 35.5 Å². The summed E-state index contributed by atoms with van der Waals surface area (Å²) in [6, 6.07) is 4.07. The van der Waals surface area contributed by atoms with Crippen molar-refractivity contribution in [2.24, 2.45) is 0 Å². The fraction of sp³-hybridized carbons (Fsp3) is 0.650. The van der Waals surface area contributed by atoms with Crippen LogP contribution in [0.25, 0.3) is 0 Å². The molecular weight excluding hydrogens is 288 g/mol. The third-order valence-corrected chi connectivity index (χ3v) is 4.00. The highest BCUT2D eigenvalue weighted by molar-refractivity contribution is 5.93. The van der Waals surface area contributed by atoms with Gasteiger partial charge in [0.05, 0.1) is 13.2 Å². The Bertz CT molecular complexity index is 480. The number of rotatable bonds is 11. The minimum atomic E-state index is -0.279. The molecule has 1 aromatic rings. The van der Waals surface area contributed by atoms with Crippen molar-refractivity contribution in [3.63, 3.8) is 0 Å². The molecule has 3 heteroatoms. The molecule has 0 spiro atoms. The fourth-order valence-corrected chi connectivity index (χ4v) is 2.63. The van der Waals surface area contributed by atoms with E-state index in [2.05, 4.69) is 26.8 Å². The summed E-state index contributed by atoms with van der Waals surface area (Å²) in [4.78, 5) is 12.3. The summed E-state index contributed by atoms with van der Waals surface area (Å²) in [6.45, 7) is 9.28. The molecule has 0 aliphatic rings. The summed E-state index contributed by atoms with van der Waals surface area (Å²) in [5, 5.41) is 0. The molecule has 0 unspecified atom stereocenters. The highest BCUT2D eigenvalue weighted by atomic mass is 16.5. The molecule has 3 nitrogen and oxygen atoms in total. The SMILES string of the molecule is CCCCCCCOc1c(CC)cc(CC)cc1C(=O)OCC. The van der Waals surface area contributed by atoms with E-state index in [0.29, 0.717) is 18.8 Å². The van der Waals surface area contributed by atoms with E-state index < -0.39 is 0 Å². The van der Waals surface area contributed by atoms with Gasteiger partial charge in [-0.05, 0) is 43.4 Å². The van der Waals surface area contributed by atoms with E-state index in [-0.39, 0.29) is 5.97 Å². The molecule has 0 radical (unpaired) electrons. The summed E-state index contributed by atoms with van der Waals surface area (Å²) in [5.74, 6) is 0.442. The summed E-state index contributed by atoms with van der Waals surface area (Å²) in [7, 11) is 0. The second-order valence-corrected chi connectivity index (χ2v) is 5.82. The minimum absolute atomic E-state index is 0.279. The zero-order valence-electron chi connectivity index (χ0n) is 15.2. The van der Waals surface area contributed by atoms with Gasteiger partial charge in [-0.2, -0.15) is 0 Å². The van der Waals surface area contributed by atoms with Gasteiger partial charge in [-0.15, -0.1) is 0 Å². The van der Waals surface area contributed by atoms with Gasteiger partial charge in [0, 0.05) is 0 Å². The highest BCUT2D eigenvalue weighted by Gasteiger charge is 2.18. The van der Waals surface area contributed by atoms with Crippen molar-refractivity contribution in [2.45, 2.75) is 72.6 Å². The van der Waals surface area contributed by atoms with Gasteiger partial charge in [-0.1, -0.05) is 52.5 Å². The second kappa shape index (κ2) is 11.1. The van der Waals surface area contributed by atoms with Crippen molar-refractivity contribution >= 4 is 5.97 Å². The van der Waals surface area contributed by atoms with E-state index in [1.807, 2.05) is 13.0 Å². The predicted octanol–water partition coefficient (Wildman–Crippen LogP) is 5.34. The van der Waals surface area contributed by atoms with Gasteiger partial charge in [-0.3, -0.25) is 0 Å². The highest BCUT2D eigenvalue weighted by Crippen LogP contribution is 2.28. The van der Waals surface area contributed by atoms with Crippen molar-refractivity contribution in [3.05, 3.63) is 28.8 Å². The summed E-state index contributed by atoms with van der Waals surface area (Å²) in [5.41, 5.74) is 2.83. The maximum Gasteiger partial charge on any atom is 0.341 e. The molecule has 0 atom stereocenters. The van der Waals surface area contributed by atoms with Crippen molar-refractivity contribution in [3.8, 4) is 5.75 Å². The van der Waals surface area contributed by atoms with E-state index in [1.54, 1.807) is 0 Å². The van der Waals surface area contributed by atoms with E-state index in [4.69, 9.17) is 9.47 Å². The summed E-state index contributed by atoms with van der Waals surface area (Å²) in [6.07, 6.45) is 7.73. The Morgan fingerprint density at radius 3 is 2.30 bits per heavy atom. The minimum Gasteiger partial charge on any atom is -0.492 e. The quantitative estimate of drug-likeness (QED) is 0.408. The van der Waals surface area contributed by atoms with Crippen molar-refractivity contribution < 1.29 is 14.3 Å². The molecule has 0 saturated carbocycles. The number of aryl methyl sites for hydroxylation is 2. The Labute approximate surface area is 141 Å². The molecule has 0 aliphatic carbocycles. The Morgan fingerprint density at radius 2 is 1.70 bits per heavy atom. The molecule has 0 N–H and O–H groups in total. The van der Waals surface area contributed by atoms with Gasteiger partial charge in [-0.25, -0.2) is 4.79 Å². The van der Waals surface area contributed by atoms with E-state index >= 15 is 0 Å². The number of benzene rings is 1. The molecule has 0 fully saturated rings. The maximum absolute atomic E-state index is 12.3. The monoisotopic (exact) mass is 320 g/mol. The van der Waals surface area contributed by atoms with E-state index in [0.717, 1.165) is 36.1 Å². The predicted molar refractivity (Wildman–Crippen MR) is 95.4 cm³/mol. The lowest BCUT2D eigenvalue weighted by atomic mass is 10.0. The smallest absolute Gasteiger partial charge is 0.341 e. The van der Waals surface area contributed by atoms with Crippen LogP contribution in [0.5, 0.6) is 5.75 Å². The first-order valence-electron chi connectivity index (χ1n) is 9.13. The molecule has 0 saturated heterocycles. The first-order valence-corrected chi connectivity index (χ1v) is 9.13. The average Bonchev–Trinajstić information content (AvgIpc) is 2.57. The van der Waals surface area contributed by atoms with Crippen LogP contribution in [0.15, 0.2) is 12.1 Å². The van der Waals surface area contributed by atoms with E-state index in [1.165, 1.54) is 25.7 Å². The number of hydrogen-bond acceptors (Lipinski definition) is 3. The second-order valence-electron chi connectivity index (χ2n) is 5.82. The number of hydrogen-bond donors (Lipinski definition) is 0. The Balaban J connectivity index is 2.86. The lowest BCUT2D eigenvalue weighted by Crippen LogP contribution is -2.11. The van der Waals surface area contributed by atoms with Gasteiger partial charge in [0.1, 0.15) is 11.3 Å². The standard InChI is InChI=1S/C20H32O3/c1-5-9-10-11-12-13-23-19-17(7-3)14-16(6-2)15-18(19)20(21)22-8-4/h14-15H,5-13H2,1-4H3. The fourth-order valence-electron chi connectivity index (χ4n) is 2.63. The lowest BCUT2D eigenvalue weighted by molar-refractivity contribution is 0.0521. The van der Waals surface area contributed by atoms with Gasteiger partial charge in [0.25, 0.3) is 0 Å². The molecule has 23 heavy (non-hydrogen) atoms. The van der Waals surface area contributed by atoms with Crippen molar-refractivity contribution in [1.29, 1.82) is 0 Å². The molecule has 1 aromatic carbocycles. The zero-order valence-corrected chi connectivity index (χ0v) is 15.2. The van der Waals surface area contributed by atoms with Crippen molar-refractivity contribution in [2.75, 3.05) is 13.2 Å². The van der Waals surface area contributed by atoms with Crippen LogP contribution in [-0.4, -0.2) is 19.2 Å². The average molecular weight is 320 g/mol. The van der Waals surface area contributed by atoms with Gasteiger partial charge in [0.15, 0.2) is 0 Å². The van der Waals surface area contributed by atoms with Crippen LogP contribution in [-0.2, 0) is 17.6 Å². The molecule has 0 amide bonds. The van der Waals surface area contributed by atoms with E-state index in [9.17, 15) is 4.79 Å². The molecular formula is C20H32O3. The first kappa shape index (κ1) is 19.5. The third-order valence-electron chi connectivity index (χ3n) is 4.00. The summed E-state index contributed by atoms with van der Waals surface area (Å²) >= 11 is 0. The zero-order chi connectivity index (χ0) is 17.1. The molecule has 0 heterocycles. The Hall–Kier alpha value is -1.51. The Kier molecular flexibility index (Phi) is 9.42. The molecule has 130 valence electrons. The van der Waals surface area contributed by atoms with Gasteiger partial charge >= 0.3 is 5.97 Å². The van der Waals surface area contributed by atoms with Gasteiger partial charge < -0.3 is 9.47 Å². The van der Waals surface area contributed by atoms with Crippen LogP contribution in [0.3, 0.4) is 0 Å². The molecule has 1 rings (SSSR count). The number of carbonyl (C=O) groups is 1. The van der Waals surface area contributed by atoms with Crippen LogP contribution in [0, 0.1) is 0 Å². The van der Waals surface area contributed by atoms with Crippen LogP contribution < -0.4 is 4.74 Å². The molecule has 0 aromatic heterocycles. The summed E-state index contributed by atoms with van der Waals surface area (Å²) < 4.78 is 11.2. The number of unbranched alkanes of at least 4 members (excludes halogenated alkanes) is 4. The number of ether oxygens (including phenoxy) is 2. The molecule has 0 aliphatic heterocycles. The molecule has 0 bridgehead atoms. The third kappa shape index (κ3) is 6.25. The van der Waals surface area contributed by atoms with Crippen LogP contribution >= 0.6 is 0 Å². The van der Waals surface area contributed by atoms with Crippen LogP contribution in [0.2, 0.25) is 0 Å². The number of carbonyl (C=O) groups excluding carboxylic acids is 1. The number of esters is 1. The lowest BCUT2D eigenvalue weighted by Gasteiger charge is -2.16. The normalized spacial score (nSPS) is 10.6. The maximum atomic E-state index is 12.3. The van der Waals surface area contributed by atoms with Gasteiger partial charge in [0.2, 0.25) is 0 Å². The van der Waals surface area contributed by atoms with Crippen molar-refractivity contribution in [1.82, 2.24) is 0 Å². The largest absolute Gasteiger partial charge is 0.492 e. The Morgan fingerprint density at radius 1 is 0.957 bits per heavy atom.